The van der Waals surface area contributed by atoms with Gasteiger partial charge in [-0.05, 0) is 53.0 Å². The van der Waals surface area contributed by atoms with Gasteiger partial charge in [0.15, 0.2) is 0 Å². The highest BCUT2D eigenvalue weighted by Crippen LogP contribution is 2.19. The largest absolute Gasteiger partial charge is 0.344 e. The van der Waals surface area contributed by atoms with Gasteiger partial charge in [-0.3, -0.25) is 4.79 Å². The van der Waals surface area contributed by atoms with Crippen LogP contribution in [0.5, 0.6) is 0 Å². The third-order valence-electron chi connectivity index (χ3n) is 3.28. The normalized spacial score (nSPS) is 12.2. The Morgan fingerprint density at radius 3 is 2.67 bits per heavy atom. The van der Waals surface area contributed by atoms with E-state index in [2.05, 4.69) is 28.2 Å². The molecule has 5 heteroatoms. The first-order valence-corrected chi connectivity index (χ1v) is 8.10. The van der Waals surface area contributed by atoms with Gasteiger partial charge in [0.2, 0.25) is 0 Å². The predicted octanol–water partition coefficient (Wildman–Crippen LogP) is 4.81. The van der Waals surface area contributed by atoms with Crippen LogP contribution in [0, 0.1) is 0 Å². The second kappa shape index (κ2) is 7.14. The molecule has 21 heavy (non-hydrogen) atoms. The predicted molar refractivity (Wildman–Crippen MR) is 89.8 cm³/mol. The van der Waals surface area contributed by atoms with E-state index >= 15 is 0 Å². The summed E-state index contributed by atoms with van der Waals surface area (Å²) < 4.78 is 2.88. The molecular weight excluding hydrogens is 352 g/mol. The maximum Gasteiger partial charge on any atom is 0.268 e. The number of amides is 1. The minimum Gasteiger partial charge on any atom is -0.344 e. The van der Waals surface area contributed by atoms with Gasteiger partial charge in [-0.25, -0.2) is 0 Å². The van der Waals surface area contributed by atoms with Gasteiger partial charge in [0.05, 0.1) is 6.04 Å². The molecule has 0 aliphatic carbocycles. The fourth-order valence-electron chi connectivity index (χ4n) is 2.20. The molecular formula is C16H18BrClN2O. The molecule has 2 aromatic rings. The first-order chi connectivity index (χ1) is 10.0. The number of rotatable bonds is 5. The first-order valence-electron chi connectivity index (χ1n) is 6.93. The van der Waals surface area contributed by atoms with Crippen LogP contribution in [-0.4, -0.2) is 10.5 Å². The van der Waals surface area contributed by atoms with Crippen LogP contribution in [0.2, 0.25) is 5.02 Å². The molecule has 1 unspecified atom stereocenters. The van der Waals surface area contributed by atoms with Gasteiger partial charge < -0.3 is 9.88 Å². The topological polar surface area (TPSA) is 34.0 Å². The number of aryl methyl sites for hydroxylation is 1. The number of hydrogen-bond acceptors (Lipinski definition) is 1. The highest BCUT2D eigenvalue weighted by molar-refractivity contribution is 9.10. The van der Waals surface area contributed by atoms with Crippen LogP contribution in [0.4, 0.5) is 0 Å². The molecule has 112 valence electrons. The smallest absolute Gasteiger partial charge is 0.268 e. The van der Waals surface area contributed by atoms with Crippen molar-refractivity contribution in [1.82, 2.24) is 9.88 Å². The van der Waals surface area contributed by atoms with E-state index in [9.17, 15) is 4.79 Å². The Morgan fingerprint density at radius 2 is 2.05 bits per heavy atom. The van der Waals surface area contributed by atoms with Gasteiger partial charge >= 0.3 is 0 Å². The molecule has 1 amide bonds. The van der Waals surface area contributed by atoms with Crippen LogP contribution in [0.25, 0.3) is 0 Å². The third-order valence-corrected chi connectivity index (χ3v) is 3.96. The van der Waals surface area contributed by atoms with Gasteiger partial charge in [0, 0.05) is 22.2 Å². The van der Waals surface area contributed by atoms with Gasteiger partial charge in [-0.15, -0.1) is 0 Å². The molecule has 1 N–H and O–H groups in total. The number of nitrogens with one attached hydrogen (secondary N) is 1. The van der Waals surface area contributed by atoms with E-state index < -0.39 is 0 Å². The summed E-state index contributed by atoms with van der Waals surface area (Å²) in [5.41, 5.74) is 1.70. The fourth-order valence-corrected chi connectivity index (χ4v) is 2.79. The van der Waals surface area contributed by atoms with Crippen LogP contribution >= 0.6 is 27.5 Å². The first kappa shape index (κ1) is 16.1. The van der Waals surface area contributed by atoms with Crippen molar-refractivity contribution >= 4 is 33.4 Å². The summed E-state index contributed by atoms with van der Waals surface area (Å²) in [6.07, 6.45) is 2.92. The van der Waals surface area contributed by atoms with Gasteiger partial charge in [0.25, 0.3) is 5.91 Å². The lowest BCUT2D eigenvalue weighted by Crippen LogP contribution is -2.28. The molecule has 0 radical (unpaired) electrons. The number of carbonyl (C=O) groups excluding carboxylic acids is 1. The van der Waals surface area contributed by atoms with E-state index in [0.717, 1.165) is 23.0 Å². The van der Waals surface area contributed by atoms with Crippen molar-refractivity contribution in [2.75, 3.05) is 0 Å². The number of hydrogen-bond donors (Lipinski definition) is 1. The summed E-state index contributed by atoms with van der Waals surface area (Å²) in [6, 6.07) is 9.28. The number of nitrogens with zero attached hydrogens (tertiary/aromatic N) is 1. The van der Waals surface area contributed by atoms with E-state index in [-0.39, 0.29) is 11.9 Å². The summed E-state index contributed by atoms with van der Waals surface area (Å²) in [4.78, 5) is 12.4. The van der Waals surface area contributed by atoms with Crippen LogP contribution in [0.1, 0.15) is 42.4 Å². The molecule has 1 aromatic heterocycles. The summed E-state index contributed by atoms with van der Waals surface area (Å²) in [5, 5.41) is 3.71. The quantitative estimate of drug-likeness (QED) is 0.806. The van der Waals surface area contributed by atoms with E-state index in [1.54, 1.807) is 0 Å². The Kier molecular flexibility index (Phi) is 5.48. The van der Waals surface area contributed by atoms with Gasteiger partial charge in [0.1, 0.15) is 5.69 Å². The van der Waals surface area contributed by atoms with Crippen molar-refractivity contribution < 1.29 is 4.79 Å². The molecule has 0 saturated heterocycles. The van der Waals surface area contributed by atoms with E-state index in [1.165, 1.54) is 0 Å². The van der Waals surface area contributed by atoms with E-state index in [0.29, 0.717) is 10.7 Å². The molecule has 0 aliphatic heterocycles. The molecule has 0 aliphatic rings. The number of carbonyl (C=O) groups is 1. The van der Waals surface area contributed by atoms with Crippen LogP contribution in [0.3, 0.4) is 0 Å². The summed E-state index contributed by atoms with van der Waals surface area (Å²) >= 11 is 9.31. The average molecular weight is 370 g/mol. The second-order valence-electron chi connectivity index (χ2n) is 4.98. The molecule has 0 fully saturated rings. The number of aromatic nitrogens is 1. The lowest BCUT2D eigenvalue weighted by atomic mass is 10.1. The zero-order valence-corrected chi connectivity index (χ0v) is 14.4. The summed E-state index contributed by atoms with van der Waals surface area (Å²) in [7, 11) is 0. The zero-order valence-electron chi connectivity index (χ0n) is 12.1. The fraction of sp³-hybridized carbons (Fsp3) is 0.312. The molecule has 0 spiro atoms. The summed E-state index contributed by atoms with van der Waals surface area (Å²) in [6.45, 7) is 4.87. The van der Waals surface area contributed by atoms with Crippen molar-refractivity contribution in [3.05, 3.63) is 57.3 Å². The number of benzene rings is 1. The molecule has 2 rings (SSSR count). The maximum atomic E-state index is 12.4. The molecule has 1 heterocycles. The van der Waals surface area contributed by atoms with Gasteiger partial charge in [-0.2, -0.15) is 0 Å². The van der Waals surface area contributed by atoms with Crippen molar-refractivity contribution in [3.63, 3.8) is 0 Å². The maximum absolute atomic E-state index is 12.4. The van der Waals surface area contributed by atoms with Crippen LogP contribution < -0.4 is 5.32 Å². The molecule has 1 aromatic carbocycles. The Hall–Kier alpha value is -1.26. The minimum absolute atomic E-state index is 0.0708. The number of halogens is 2. The van der Waals surface area contributed by atoms with Gasteiger partial charge in [-0.1, -0.05) is 30.7 Å². The third kappa shape index (κ3) is 4.11. The minimum atomic E-state index is -0.0726. The Morgan fingerprint density at radius 1 is 1.38 bits per heavy atom. The van der Waals surface area contributed by atoms with Crippen molar-refractivity contribution in [2.45, 2.75) is 32.9 Å². The highest BCUT2D eigenvalue weighted by Gasteiger charge is 2.15. The van der Waals surface area contributed by atoms with E-state index in [4.69, 9.17) is 11.6 Å². The van der Waals surface area contributed by atoms with Crippen molar-refractivity contribution in [3.8, 4) is 0 Å². The monoisotopic (exact) mass is 368 g/mol. The molecule has 1 atom stereocenters. The lowest BCUT2D eigenvalue weighted by Gasteiger charge is -2.15. The molecule has 3 nitrogen and oxygen atoms in total. The second-order valence-corrected chi connectivity index (χ2v) is 6.34. The molecule has 0 saturated carbocycles. The lowest BCUT2D eigenvalue weighted by molar-refractivity contribution is 0.0930. The Labute approximate surface area is 138 Å². The van der Waals surface area contributed by atoms with Crippen LogP contribution in [-0.2, 0) is 6.54 Å². The van der Waals surface area contributed by atoms with E-state index in [1.807, 2.05) is 48.0 Å². The highest BCUT2D eigenvalue weighted by atomic mass is 79.9. The van der Waals surface area contributed by atoms with Crippen molar-refractivity contribution in [1.29, 1.82) is 0 Å². The Balaban J connectivity index is 2.12. The SMILES string of the molecule is CCCn1cc(Br)cc1C(=O)NC(C)c1ccc(Cl)cc1. The van der Waals surface area contributed by atoms with Crippen LogP contribution in [0.15, 0.2) is 41.0 Å². The zero-order chi connectivity index (χ0) is 15.4. The van der Waals surface area contributed by atoms with Crippen molar-refractivity contribution in [2.24, 2.45) is 0 Å². The summed E-state index contributed by atoms with van der Waals surface area (Å²) in [5.74, 6) is -0.0726. The molecule has 0 bridgehead atoms. The standard InChI is InChI=1S/C16H18BrClN2O/c1-3-8-20-10-13(17)9-15(20)16(21)19-11(2)12-4-6-14(18)7-5-12/h4-7,9-11H,3,8H2,1-2H3,(H,19,21). The Bertz CT molecular complexity index is 622. The average Bonchev–Trinajstić information content (AvgIpc) is 2.81.